The number of carbonyl (C=O) groups is 2. The molecule has 0 aliphatic carbocycles. The number of aromatic carboxylic acids is 1. The van der Waals surface area contributed by atoms with Crippen LogP contribution in [0, 0.1) is 0 Å². The van der Waals surface area contributed by atoms with Gasteiger partial charge in [0.2, 0.25) is 0 Å². The van der Waals surface area contributed by atoms with Crippen molar-refractivity contribution in [2.45, 2.75) is 13.0 Å². The zero-order valence-corrected chi connectivity index (χ0v) is 13.5. The number of carboxylic acid groups (broad SMARTS) is 1. The number of methoxy groups -OCH3 is 1. The first-order valence-electron chi connectivity index (χ1n) is 7.39. The van der Waals surface area contributed by atoms with E-state index in [0.717, 1.165) is 5.56 Å². The molecule has 1 amide bonds. The molecule has 0 heterocycles. The number of hydrogen-bond donors (Lipinski definition) is 2. The Kier molecular flexibility index (Phi) is 5.78. The van der Waals surface area contributed by atoms with Crippen LogP contribution in [0.15, 0.2) is 48.5 Å². The molecular formula is C18H19NO5. The van der Waals surface area contributed by atoms with E-state index in [-0.39, 0.29) is 29.9 Å². The smallest absolute Gasteiger partial charge is 0.339 e. The average Bonchev–Trinajstić information content (AvgIpc) is 2.60. The molecule has 0 spiro atoms. The van der Waals surface area contributed by atoms with Crippen molar-refractivity contribution >= 4 is 11.9 Å². The highest BCUT2D eigenvalue weighted by Gasteiger charge is 2.15. The predicted molar refractivity (Wildman–Crippen MR) is 88.4 cm³/mol. The molecule has 0 bridgehead atoms. The van der Waals surface area contributed by atoms with E-state index in [1.165, 1.54) is 19.2 Å². The van der Waals surface area contributed by atoms with Crippen molar-refractivity contribution in [3.63, 3.8) is 0 Å². The molecule has 0 aromatic heterocycles. The fourth-order valence-corrected chi connectivity index (χ4v) is 2.18. The van der Waals surface area contributed by atoms with Crippen LogP contribution in [0.3, 0.4) is 0 Å². The van der Waals surface area contributed by atoms with Gasteiger partial charge in [0.1, 0.15) is 17.1 Å². The lowest BCUT2D eigenvalue weighted by Gasteiger charge is -2.15. The summed E-state index contributed by atoms with van der Waals surface area (Å²) < 4.78 is 10.3. The first-order valence-corrected chi connectivity index (χ1v) is 7.39. The van der Waals surface area contributed by atoms with E-state index in [4.69, 9.17) is 9.47 Å². The average molecular weight is 329 g/mol. The third-order valence-electron chi connectivity index (χ3n) is 3.45. The lowest BCUT2D eigenvalue weighted by Crippen LogP contribution is -2.31. The molecule has 0 radical (unpaired) electrons. The van der Waals surface area contributed by atoms with Gasteiger partial charge in [-0.25, -0.2) is 4.79 Å². The van der Waals surface area contributed by atoms with E-state index in [2.05, 4.69) is 5.32 Å². The number of carbonyl (C=O) groups excluding carboxylic acids is 1. The van der Waals surface area contributed by atoms with Crippen LogP contribution in [0.4, 0.5) is 0 Å². The number of carboxylic acids is 1. The van der Waals surface area contributed by atoms with E-state index in [9.17, 15) is 14.7 Å². The van der Waals surface area contributed by atoms with E-state index < -0.39 is 5.97 Å². The van der Waals surface area contributed by atoms with Crippen molar-refractivity contribution in [3.05, 3.63) is 59.7 Å². The van der Waals surface area contributed by atoms with Crippen LogP contribution >= 0.6 is 0 Å². The van der Waals surface area contributed by atoms with Gasteiger partial charge >= 0.3 is 5.97 Å². The molecular weight excluding hydrogens is 310 g/mol. The summed E-state index contributed by atoms with van der Waals surface area (Å²) in [6.07, 6.45) is 0. The molecule has 2 aromatic carbocycles. The summed E-state index contributed by atoms with van der Waals surface area (Å²) in [4.78, 5) is 23.3. The SMILES string of the molecule is COc1ccc(OCC(=O)NC(C)c2ccccc2)c(C(=O)O)c1. The van der Waals surface area contributed by atoms with Crippen molar-refractivity contribution in [1.29, 1.82) is 0 Å². The highest BCUT2D eigenvalue weighted by Crippen LogP contribution is 2.24. The Bertz CT molecular complexity index is 715. The van der Waals surface area contributed by atoms with E-state index >= 15 is 0 Å². The summed E-state index contributed by atoms with van der Waals surface area (Å²) in [6.45, 7) is 1.59. The monoisotopic (exact) mass is 329 g/mol. The summed E-state index contributed by atoms with van der Waals surface area (Å²) in [5.74, 6) is -0.965. The van der Waals surface area contributed by atoms with Crippen LogP contribution in [0.25, 0.3) is 0 Å². The Morgan fingerprint density at radius 2 is 1.88 bits per heavy atom. The summed E-state index contributed by atoms with van der Waals surface area (Å²) in [5, 5.41) is 12.0. The van der Waals surface area contributed by atoms with Crippen LogP contribution in [-0.4, -0.2) is 30.7 Å². The quantitative estimate of drug-likeness (QED) is 0.816. The van der Waals surface area contributed by atoms with Crippen LogP contribution < -0.4 is 14.8 Å². The molecule has 6 nitrogen and oxygen atoms in total. The summed E-state index contributed by atoms with van der Waals surface area (Å²) in [5.41, 5.74) is 0.916. The van der Waals surface area contributed by atoms with Crippen molar-refractivity contribution in [2.24, 2.45) is 0 Å². The number of benzene rings is 2. The van der Waals surface area contributed by atoms with Crippen molar-refractivity contribution in [1.82, 2.24) is 5.32 Å². The summed E-state index contributed by atoms with van der Waals surface area (Å²) >= 11 is 0. The Hall–Kier alpha value is -3.02. The van der Waals surface area contributed by atoms with Gasteiger partial charge in [0.05, 0.1) is 13.2 Å². The van der Waals surface area contributed by atoms with Crippen LogP contribution in [-0.2, 0) is 4.79 Å². The molecule has 0 saturated heterocycles. The number of rotatable bonds is 7. The Morgan fingerprint density at radius 3 is 2.50 bits per heavy atom. The molecule has 2 rings (SSSR count). The zero-order chi connectivity index (χ0) is 17.5. The molecule has 2 N–H and O–H groups in total. The molecule has 1 unspecified atom stereocenters. The number of ether oxygens (including phenoxy) is 2. The maximum absolute atomic E-state index is 12.0. The second-order valence-corrected chi connectivity index (χ2v) is 5.16. The minimum atomic E-state index is -1.15. The highest BCUT2D eigenvalue weighted by molar-refractivity contribution is 5.91. The second kappa shape index (κ2) is 8.01. The van der Waals surface area contributed by atoms with Gasteiger partial charge in [0, 0.05) is 0 Å². The van der Waals surface area contributed by atoms with Gasteiger partial charge in [0.25, 0.3) is 5.91 Å². The first kappa shape index (κ1) is 17.3. The third-order valence-corrected chi connectivity index (χ3v) is 3.45. The number of hydrogen-bond acceptors (Lipinski definition) is 4. The fraction of sp³-hybridized carbons (Fsp3) is 0.222. The molecule has 0 saturated carbocycles. The van der Waals surface area contributed by atoms with Crippen LogP contribution in [0.2, 0.25) is 0 Å². The van der Waals surface area contributed by atoms with Gasteiger partial charge in [-0.3, -0.25) is 4.79 Å². The van der Waals surface area contributed by atoms with Gasteiger partial charge in [-0.15, -0.1) is 0 Å². The lowest BCUT2D eigenvalue weighted by molar-refractivity contribution is -0.123. The normalized spacial score (nSPS) is 11.4. The Morgan fingerprint density at radius 1 is 1.17 bits per heavy atom. The Labute approximate surface area is 140 Å². The van der Waals surface area contributed by atoms with Gasteiger partial charge in [0.15, 0.2) is 6.61 Å². The zero-order valence-electron chi connectivity index (χ0n) is 13.5. The summed E-state index contributed by atoms with van der Waals surface area (Å²) in [6, 6.07) is 13.7. The topological polar surface area (TPSA) is 84.9 Å². The highest BCUT2D eigenvalue weighted by atomic mass is 16.5. The minimum absolute atomic E-state index is 0.0572. The van der Waals surface area contributed by atoms with Crippen molar-refractivity contribution in [3.8, 4) is 11.5 Å². The number of amides is 1. The summed E-state index contributed by atoms with van der Waals surface area (Å²) in [7, 11) is 1.44. The lowest BCUT2D eigenvalue weighted by atomic mass is 10.1. The van der Waals surface area contributed by atoms with Crippen molar-refractivity contribution < 1.29 is 24.2 Å². The standard InChI is InChI=1S/C18H19NO5/c1-12(13-6-4-3-5-7-13)19-17(20)11-24-16-9-8-14(23-2)10-15(16)18(21)22/h3-10,12H,11H2,1-2H3,(H,19,20)(H,21,22). The van der Waals surface area contributed by atoms with Gasteiger partial charge < -0.3 is 19.9 Å². The molecule has 2 aromatic rings. The number of nitrogens with one attached hydrogen (secondary N) is 1. The molecule has 24 heavy (non-hydrogen) atoms. The molecule has 1 atom stereocenters. The van der Waals surface area contributed by atoms with Crippen LogP contribution in [0.5, 0.6) is 11.5 Å². The van der Waals surface area contributed by atoms with E-state index in [1.807, 2.05) is 37.3 Å². The first-order chi connectivity index (χ1) is 11.5. The molecule has 0 aliphatic heterocycles. The molecule has 0 fully saturated rings. The van der Waals surface area contributed by atoms with Gasteiger partial charge in [-0.1, -0.05) is 30.3 Å². The molecule has 0 aliphatic rings. The second-order valence-electron chi connectivity index (χ2n) is 5.16. The van der Waals surface area contributed by atoms with Gasteiger partial charge in [-0.2, -0.15) is 0 Å². The van der Waals surface area contributed by atoms with Crippen molar-refractivity contribution in [2.75, 3.05) is 13.7 Å². The predicted octanol–water partition coefficient (Wildman–Crippen LogP) is 2.65. The molecule has 126 valence electrons. The van der Waals surface area contributed by atoms with E-state index in [1.54, 1.807) is 6.07 Å². The van der Waals surface area contributed by atoms with Gasteiger partial charge in [-0.05, 0) is 30.7 Å². The maximum Gasteiger partial charge on any atom is 0.339 e. The van der Waals surface area contributed by atoms with E-state index in [0.29, 0.717) is 5.75 Å². The maximum atomic E-state index is 12.0. The third kappa shape index (κ3) is 4.49. The molecule has 6 heteroatoms. The minimum Gasteiger partial charge on any atom is -0.497 e. The largest absolute Gasteiger partial charge is 0.497 e. The van der Waals surface area contributed by atoms with Crippen LogP contribution in [0.1, 0.15) is 28.9 Å². The fourth-order valence-electron chi connectivity index (χ4n) is 2.18. The Balaban J connectivity index is 1.98.